The van der Waals surface area contributed by atoms with Gasteiger partial charge in [0.1, 0.15) is 0 Å². The van der Waals surface area contributed by atoms with E-state index >= 15 is 0 Å². The topological polar surface area (TPSA) is 59.6 Å². The molecule has 88 valence electrons. The molecule has 0 aliphatic carbocycles. The standard InChI is InChI=1S/C10H20N2O3/c1-2-15-12-10(13)5-8-14-9-3-6-11-7-4-9/h9,11H,2-8H2,1H3,(H,12,13). The van der Waals surface area contributed by atoms with Crippen molar-refractivity contribution in [3.05, 3.63) is 0 Å². The minimum Gasteiger partial charge on any atom is -0.378 e. The first-order chi connectivity index (χ1) is 7.33. The Morgan fingerprint density at radius 1 is 1.47 bits per heavy atom. The van der Waals surface area contributed by atoms with Crippen molar-refractivity contribution in [3.63, 3.8) is 0 Å². The van der Waals surface area contributed by atoms with Crippen molar-refractivity contribution in [2.24, 2.45) is 0 Å². The molecule has 15 heavy (non-hydrogen) atoms. The molecule has 0 aromatic rings. The van der Waals surface area contributed by atoms with Gasteiger partial charge in [-0.15, -0.1) is 0 Å². The number of amides is 1. The van der Waals surface area contributed by atoms with Crippen LogP contribution in [0.15, 0.2) is 0 Å². The van der Waals surface area contributed by atoms with Crippen LogP contribution in [0, 0.1) is 0 Å². The third-order valence-electron chi connectivity index (χ3n) is 2.30. The molecule has 0 radical (unpaired) electrons. The third kappa shape index (κ3) is 5.71. The van der Waals surface area contributed by atoms with Gasteiger partial charge in [-0.2, -0.15) is 0 Å². The van der Waals surface area contributed by atoms with E-state index in [0.29, 0.717) is 25.7 Å². The van der Waals surface area contributed by atoms with Crippen LogP contribution < -0.4 is 10.8 Å². The summed E-state index contributed by atoms with van der Waals surface area (Å²) in [6.07, 6.45) is 2.75. The van der Waals surface area contributed by atoms with E-state index in [-0.39, 0.29) is 5.91 Å². The normalized spacial score (nSPS) is 17.7. The maximum Gasteiger partial charge on any atom is 0.245 e. The van der Waals surface area contributed by atoms with Crippen molar-refractivity contribution in [2.75, 3.05) is 26.3 Å². The average molecular weight is 216 g/mol. The van der Waals surface area contributed by atoms with E-state index in [4.69, 9.17) is 9.57 Å². The van der Waals surface area contributed by atoms with Crippen LogP contribution in [0.1, 0.15) is 26.2 Å². The van der Waals surface area contributed by atoms with Crippen LogP contribution in [-0.2, 0) is 14.4 Å². The highest BCUT2D eigenvalue weighted by Crippen LogP contribution is 2.07. The summed E-state index contributed by atoms with van der Waals surface area (Å²) in [4.78, 5) is 15.9. The molecular weight excluding hydrogens is 196 g/mol. The summed E-state index contributed by atoms with van der Waals surface area (Å²) in [5.74, 6) is -0.120. The first-order valence-corrected chi connectivity index (χ1v) is 5.56. The zero-order chi connectivity index (χ0) is 10.9. The van der Waals surface area contributed by atoms with Crippen molar-refractivity contribution in [1.82, 2.24) is 10.8 Å². The van der Waals surface area contributed by atoms with Gasteiger partial charge in [-0.05, 0) is 32.9 Å². The maximum atomic E-state index is 11.1. The summed E-state index contributed by atoms with van der Waals surface area (Å²) >= 11 is 0. The van der Waals surface area contributed by atoms with Crippen LogP contribution >= 0.6 is 0 Å². The van der Waals surface area contributed by atoms with E-state index in [9.17, 15) is 4.79 Å². The van der Waals surface area contributed by atoms with E-state index in [1.54, 1.807) is 0 Å². The van der Waals surface area contributed by atoms with Crippen molar-refractivity contribution in [1.29, 1.82) is 0 Å². The largest absolute Gasteiger partial charge is 0.378 e. The number of hydroxylamine groups is 1. The van der Waals surface area contributed by atoms with E-state index in [0.717, 1.165) is 25.9 Å². The SMILES string of the molecule is CCONC(=O)CCOC1CCNCC1. The summed E-state index contributed by atoms with van der Waals surface area (Å²) in [6, 6.07) is 0. The summed E-state index contributed by atoms with van der Waals surface area (Å²) in [5.41, 5.74) is 2.34. The molecule has 0 spiro atoms. The first kappa shape index (κ1) is 12.4. The van der Waals surface area contributed by atoms with Crippen LogP contribution in [0.4, 0.5) is 0 Å². The van der Waals surface area contributed by atoms with Gasteiger partial charge in [0.25, 0.3) is 0 Å². The van der Waals surface area contributed by atoms with Crippen molar-refractivity contribution < 1.29 is 14.4 Å². The molecule has 0 aromatic heterocycles. The average Bonchev–Trinajstić information content (AvgIpc) is 2.28. The van der Waals surface area contributed by atoms with E-state index in [1.807, 2.05) is 6.92 Å². The fourth-order valence-electron chi connectivity index (χ4n) is 1.48. The summed E-state index contributed by atoms with van der Waals surface area (Å²) in [5, 5.41) is 3.26. The van der Waals surface area contributed by atoms with Crippen LogP contribution in [0.3, 0.4) is 0 Å². The highest BCUT2D eigenvalue weighted by atomic mass is 16.6. The van der Waals surface area contributed by atoms with Crippen molar-refractivity contribution >= 4 is 5.91 Å². The summed E-state index contributed by atoms with van der Waals surface area (Å²) < 4.78 is 5.58. The van der Waals surface area contributed by atoms with Gasteiger partial charge >= 0.3 is 0 Å². The molecule has 1 fully saturated rings. The zero-order valence-corrected chi connectivity index (χ0v) is 9.25. The van der Waals surface area contributed by atoms with Gasteiger partial charge < -0.3 is 10.1 Å². The fourth-order valence-corrected chi connectivity index (χ4v) is 1.48. The van der Waals surface area contributed by atoms with E-state index < -0.39 is 0 Å². The lowest BCUT2D eigenvalue weighted by Crippen LogP contribution is -2.33. The van der Waals surface area contributed by atoms with Gasteiger partial charge in [-0.25, -0.2) is 5.48 Å². The Balaban J connectivity index is 1.97. The van der Waals surface area contributed by atoms with E-state index in [2.05, 4.69) is 10.8 Å². The molecule has 2 N–H and O–H groups in total. The highest BCUT2D eigenvalue weighted by molar-refractivity contribution is 5.74. The molecule has 0 atom stereocenters. The van der Waals surface area contributed by atoms with Crippen molar-refractivity contribution in [3.8, 4) is 0 Å². The maximum absolute atomic E-state index is 11.1. The smallest absolute Gasteiger partial charge is 0.245 e. The molecule has 0 aromatic carbocycles. The van der Waals surface area contributed by atoms with Crippen LogP contribution in [-0.4, -0.2) is 38.3 Å². The van der Waals surface area contributed by atoms with Gasteiger partial charge in [0.05, 0.1) is 25.7 Å². The molecule has 5 heteroatoms. The lowest BCUT2D eigenvalue weighted by Gasteiger charge is -2.22. The Bertz CT molecular complexity index is 182. The Kier molecular flexibility index (Phi) is 6.31. The predicted molar refractivity (Wildman–Crippen MR) is 56.2 cm³/mol. The molecule has 1 heterocycles. The molecule has 1 saturated heterocycles. The second-order valence-electron chi connectivity index (χ2n) is 3.53. The molecule has 1 amide bonds. The lowest BCUT2D eigenvalue weighted by molar-refractivity contribution is -0.134. The van der Waals surface area contributed by atoms with Crippen LogP contribution in [0.2, 0.25) is 0 Å². The summed E-state index contributed by atoms with van der Waals surface area (Å²) in [7, 11) is 0. The molecule has 0 saturated carbocycles. The second kappa shape index (κ2) is 7.62. The van der Waals surface area contributed by atoms with Gasteiger partial charge in [0.2, 0.25) is 5.91 Å². The number of ether oxygens (including phenoxy) is 1. The van der Waals surface area contributed by atoms with E-state index in [1.165, 1.54) is 0 Å². The molecule has 5 nitrogen and oxygen atoms in total. The van der Waals surface area contributed by atoms with Gasteiger partial charge in [0, 0.05) is 0 Å². The minimum absolute atomic E-state index is 0.120. The quantitative estimate of drug-likeness (QED) is 0.623. The number of hydrogen-bond donors (Lipinski definition) is 2. The van der Waals surface area contributed by atoms with Crippen LogP contribution in [0.25, 0.3) is 0 Å². The lowest BCUT2D eigenvalue weighted by atomic mass is 10.1. The van der Waals surface area contributed by atoms with Gasteiger partial charge in [0.15, 0.2) is 0 Å². The zero-order valence-electron chi connectivity index (χ0n) is 9.25. The Labute approximate surface area is 90.5 Å². The van der Waals surface area contributed by atoms with Crippen molar-refractivity contribution in [2.45, 2.75) is 32.3 Å². The number of hydrogen-bond acceptors (Lipinski definition) is 4. The summed E-state index contributed by atoms with van der Waals surface area (Å²) in [6.45, 7) is 4.81. The van der Waals surface area contributed by atoms with Gasteiger partial charge in [-0.1, -0.05) is 0 Å². The molecular formula is C10H20N2O3. The van der Waals surface area contributed by atoms with Crippen LogP contribution in [0.5, 0.6) is 0 Å². The Hall–Kier alpha value is -0.650. The predicted octanol–water partition coefficient (Wildman–Crippen LogP) is 0.213. The number of nitrogens with one attached hydrogen (secondary N) is 2. The molecule has 1 aliphatic rings. The highest BCUT2D eigenvalue weighted by Gasteiger charge is 2.13. The Morgan fingerprint density at radius 2 is 2.20 bits per heavy atom. The minimum atomic E-state index is -0.120. The Morgan fingerprint density at radius 3 is 2.87 bits per heavy atom. The number of piperidine rings is 1. The molecule has 0 unspecified atom stereocenters. The fraction of sp³-hybridized carbons (Fsp3) is 0.900. The van der Waals surface area contributed by atoms with Gasteiger partial charge in [-0.3, -0.25) is 9.63 Å². The second-order valence-corrected chi connectivity index (χ2v) is 3.53. The number of rotatable bonds is 6. The molecule has 0 bridgehead atoms. The molecule has 1 aliphatic heterocycles. The number of carbonyl (C=O) groups excluding carboxylic acids is 1. The number of carbonyl (C=O) groups is 1. The monoisotopic (exact) mass is 216 g/mol. The third-order valence-corrected chi connectivity index (χ3v) is 2.30. The molecule has 1 rings (SSSR count). The first-order valence-electron chi connectivity index (χ1n) is 5.56.